The third-order valence-electron chi connectivity index (χ3n) is 4.88. The first-order chi connectivity index (χ1) is 12.2. The second-order valence-electron chi connectivity index (χ2n) is 6.61. The summed E-state index contributed by atoms with van der Waals surface area (Å²) in [5.41, 5.74) is 2.69. The number of aromatic nitrogens is 1. The van der Waals surface area contributed by atoms with Gasteiger partial charge in [0.05, 0.1) is 0 Å². The Labute approximate surface area is 145 Å². The highest BCUT2D eigenvalue weighted by Crippen LogP contribution is 2.47. The highest BCUT2D eigenvalue weighted by atomic mass is 16.2. The summed E-state index contributed by atoms with van der Waals surface area (Å²) in [7, 11) is 0. The molecule has 1 aliphatic carbocycles. The molecule has 2 unspecified atom stereocenters. The van der Waals surface area contributed by atoms with Gasteiger partial charge >= 0.3 is 0 Å². The van der Waals surface area contributed by atoms with E-state index in [9.17, 15) is 9.59 Å². The van der Waals surface area contributed by atoms with Crippen molar-refractivity contribution in [1.29, 1.82) is 0 Å². The molecule has 0 saturated heterocycles. The molecule has 2 aromatic carbocycles. The average molecular weight is 332 g/mol. The van der Waals surface area contributed by atoms with Crippen molar-refractivity contribution >= 4 is 16.8 Å². The van der Waals surface area contributed by atoms with Crippen LogP contribution in [0.5, 0.6) is 0 Å². The Balaban J connectivity index is 1.35. The van der Waals surface area contributed by atoms with Gasteiger partial charge in [-0.3, -0.25) is 9.59 Å². The Hall–Kier alpha value is -2.88. The number of rotatable bonds is 5. The van der Waals surface area contributed by atoms with Crippen molar-refractivity contribution in [2.24, 2.45) is 5.92 Å². The maximum absolute atomic E-state index is 12.3. The SMILES string of the molecule is O=C(NCCc1cc2ccccc2[nH]c1=O)C1CC1c1ccccc1. The smallest absolute Gasteiger partial charge is 0.251 e. The standard InChI is InChI=1S/C21H20N2O2/c24-20-16(12-15-8-4-5-9-19(15)23-20)10-11-22-21(25)18-13-17(18)14-6-2-1-3-7-14/h1-9,12,17-18H,10-11,13H2,(H,22,25)(H,23,24). The van der Waals surface area contributed by atoms with Gasteiger partial charge < -0.3 is 10.3 Å². The van der Waals surface area contributed by atoms with Gasteiger partial charge in [0, 0.05) is 23.5 Å². The molecular formula is C21H20N2O2. The first kappa shape index (κ1) is 15.6. The number of para-hydroxylation sites is 1. The Morgan fingerprint density at radius 1 is 1.08 bits per heavy atom. The van der Waals surface area contributed by atoms with Gasteiger partial charge in [0.15, 0.2) is 0 Å². The zero-order chi connectivity index (χ0) is 17.2. The molecule has 1 heterocycles. The lowest BCUT2D eigenvalue weighted by Crippen LogP contribution is -2.29. The van der Waals surface area contributed by atoms with Gasteiger partial charge in [-0.15, -0.1) is 0 Å². The van der Waals surface area contributed by atoms with E-state index in [4.69, 9.17) is 0 Å². The van der Waals surface area contributed by atoms with Crippen molar-refractivity contribution in [3.8, 4) is 0 Å². The summed E-state index contributed by atoms with van der Waals surface area (Å²) in [4.78, 5) is 27.3. The molecule has 1 aliphatic rings. The van der Waals surface area contributed by atoms with Gasteiger partial charge in [0.25, 0.3) is 5.56 Å². The molecule has 1 saturated carbocycles. The van der Waals surface area contributed by atoms with Crippen LogP contribution in [0.3, 0.4) is 0 Å². The molecule has 1 amide bonds. The Kier molecular flexibility index (Phi) is 4.10. The number of benzene rings is 2. The van der Waals surface area contributed by atoms with Crippen molar-refractivity contribution in [1.82, 2.24) is 10.3 Å². The number of hydrogen-bond acceptors (Lipinski definition) is 2. The predicted octanol–water partition coefficient (Wildman–Crippen LogP) is 2.99. The molecule has 3 aromatic rings. The molecule has 126 valence electrons. The summed E-state index contributed by atoms with van der Waals surface area (Å²) < 4.78 is 0. The second-order valence-corrected chi connectivity index (χ2v) is 6.61. The molecule has 4 rings (SSSR count). The molecule has 0 bridgehead atoms. The van der Waals surface area contributed by atoms with Crippen LogP contribution in [-0.4, -0.2) is 17.4 Å². The van der Waals surface area contributed by atoms with Crippen LogP contribution in [0.1, 0.15) is 23.5 Å². The van der Waals surface area contributed by atoms with Gasteiger partial charge in [-0.2, -0.15) is 0 Å². The van der Waals surface area contributed by atoms with Crippen LogP contribution in [0, 0.1) is 5.92 Å². The molecule has 2 atom stereocenters. The number of aromatic amines is 1. The summed E-state index contributed by atoms with van der Waals surface area (Å²) in [5, 5.41) is 3.99. The number of nitrogens with one attached hydrogen (secondary N) is 2. The Bertz CT molecular complexity index is 962. The fraction of sp³-hybridized carbons (Fsp3) is 0.238. The number of carbonyl (C=O) groups is 1. The maximum atomic E-state index is 12.3. The normalized spacial score (nSPS) is 18.9. The minimum absolute atomic E-state index is 0.0669. The number of carbonyl (C=O) groups excluding carboxylic acids is 1. The summed E-state index contributed by atoms with van der Waals surface area (Å²) >= 11 is 0. The van der Waals surface area contributed by atoms with E-state index >= 15 is 0 Å². The van der Waals surface area contributed by atoms with Gasteiger partial charge in [-0.25, -0.2) is 0 Å². The lowest BCUT2D eigenvalue weighted by molar-refractivity contribution is -0.122. The lowest BCUT2D eigenvalue weighted by Gasteiger charge is -2.06. The van der Waals surface area contributed by atoms with Crippen LogP contribution in [0.25, 0.3) is 10.9 Å². The van der Waals surface area contributed by atoms with Crippen LogP contribution < -0.4 is 10.9 Å². The molecule has 25 heavy (non-hydrogen) atoms. The van der Waals surface area contributed by atoms with Crippen molar-refractivity contribution < 1.29 is 4.79 Å². The van der Waals surface area contributed by atoms with Crippen LogP contribution in [0.2, 0.25) is 0 Å². The van der Waals surface area contributed by atoms with E-state index in [0.717, 1.165) is 17.3 Å². The van der Waals surface area contributed by atoms with E-state index in [0.29, 0.717) is 24.4 Å². The third-order valence-corrected chi connectivity index (χ3v) is 4.88. The van der Waals surface area contributed by atoms with E-state index in [2.05, 4.69) is 22.4 Å². The van der Waals surface area contributed by atoms with Crippen molar-refractivity contribution in [3.05, 3.63) is 82.1 Å². The number of amides is 1. The van der Waals surface area contributed by atoms with Crippen LogP contribution >= 0.6 is 0 Å². The minimum atomic E-state index is -0.0819. The van der Waals surface area contributed by atoms with Gasteiger partial charge in [0.1, 0.15) is 0 Å². The van der Waals surface area contributed by atoms with Gasteiger partial charge in [-0.1, -0.05) is 48.5 Å². The largest absolute Gasteiger partial charge is 0.356 e. The molecule has 4 heteroatoms. The zero-order valence-electron chi connectivity index (χ0n) is 13.9. The van der Waals surface area contributed by atoms with Crippen molar-refractivity contribution in [3.63, 3.8) is 0 Å². The molecule has 1 aromatic heterocycles. The van der Waals surface area contributed by atoms with Gasteiger partial charge in [0.2, 0.25) is 5.91 Å². The highest BCUT2D eigenvalue weighted by Gasteiger charge is 2.43. The monoisotopic (exact) mass is 332 g/mol. The Morgan fingerprint density at radius 2 is 1.84 bits per heavy atom. The zero-order valence-corrected chi connectivity index (χ0v) is 13.9. The number of H-pyrrole nitrogens is 1. The molecule has 0 spiro atoms. The van der Waals surface area contributed by atoms with E-state index in [-0.39, 0.29) is 17.4 Å². The van der Waals surface area contributed by atoms with E-state index in [1.54, 1.807) is 0 Å². The molecule has 0 radical (unpaired) electrons. The molecule has 2 N–H and O–H groups in total. The van der Waals surface area contributed by atoms with Crippen LogP contribution in [-0.2, 0) is 11.2 Å². The predicted molar refractivity (Wildman–Crippen MR) is 98.6 cm³/mol. The quantitative estimate of drug-likeness (QED) is 0.754. The summed E-state index contributed by atoms with van der Waals surface area (Å²) in [6.45, 7) is 0.484. The van der Waals surface area contributed by atoms with Crippen molar-refractivity contribution in [2.75, 3.05) is 6.54 Å². The summed E-state index contributed by atoms with van der Waals surface area (Å²) in [5.74, 6) is 0.494. The van der Waals surface area contributed by atoms with E-state index in [1.165, 1.54) is 5.56 Å². The number of pyridine rings is 1. The number of hydrogen-bond donors (Lipinski definition) is 2. The molecule has 1 fully saturated rings. The van der Waals surface area contributed by atoms with E-state index < -0.39 is 0 Å². The van der Waals surface area contributed by atoms with Crippen molar-refractivity contribution in [2.45, 2.75) is 18.8 Å². The highest BCUT2D eigenvalue weighted by molar-refractivity contribution is 5.83. The lowest BCUT2D eigenvalue weighted by atomic mass is 10.1. The Morgan fingerprint density at radius 3 is 2.68 bits per heavy atom. The van der Waals surface area contributed by atoms with Crippen LogP contribution in [0.4, 0.5) is 0 Å². The topological polar surface area (TPSA) is 62.0 Å². The first-order valence-corrected chi connectivity index (χ1v) is 8.66. The average Bonchev–Trinajstić information content (AvgIpc) is 3.44. The van der Waals surface area contributed by atoms with E-state index in [1.807, 2.05) is 48.5 Å². The van der Waals surface area contributed by atoms with Crippen LogP contribution in [0.15, 0.2) is 65.5 Å². The maximum Gasteiger partial charge on any atom is 0.251 e. The summed E-state index contributed by atoms with van der Waals surface area (Å²) in [6.07, 6.45) is 1.45. The molecule has 4 nitrogen and oxygen atoms in total. The second kappa shape index (κ2) is 6.55. The molecular weight excluding hydrogens is 312 g/mol. The third kappa shape index (κ3) is 3.33. The number of fused-ring (bicyclic) bond motifs is 1. The first-order valence-electron chi connectivity index (χ1n) is 8.66. The fourth-order valence-corrected chi connectivity index (χ4v) is 3.38. The fourth-order valence-electron chi connectivity index (χ4n) is 3.38. The van der Waals surface area contributed by atoms with Gasteiger partial charge in [-0.05, 0) is 41.8 Å². The minimum Gasteiger partial charge on any atom is -0.356 e. The summed E-state index contributed by atoms with van der Waals surface area (Å²) in [6, 6.07) is 19.8. The molecule has 0 aliphatic heterocycles.